The van der Waals surface area contributed by atoms with E-state index in [2.05, 4.69) is 24.5 Å². The maximum atomic E-state index is 12.5. The Bertz CT molecular complexity index is 467. The average molecular weight is 289 g/mol. The number of anilines is 1. The fourth-order valence-corrected chi connectivity index (χ4v) is 2.79. The van der Waals surface area contributed by atoms with Crippen molar-refractivity contribution in [3.05, 3.63) is 29.8 Å². The molecule has 4 heteroatoms. The Kier molecular flexibility index (Phi) is 5.62. The Hall–Kier alpha value is -1.55. The van der Waals surface area contributed by atoms with Crippen LogP contribution in [0.5, 0.6) is 0 Å². The van der Waals surface area contributed by atoms with Crippen LogP contribution in [0.2, 0.25) is 0 Å². The van der Waals surface area contributed by atoms with Crippen molar-refractivity contribution in [2.45, 2.75) is 39.7 Å². The zero-order valence-electron chi connectivity index (χ0n) is 13.4. The standard InChI is InChI=1S/C17H27N3O/c1-13(2)11-20(12-16-8-5-9-18-16)17(21)19-15-7-4-6-14(3)10-15/h4,6-7,10,13,16,18H,5,8-9,11-12H2,1-3H3,(H,19,21). The summed E-state index contributed by atoms with van der Waals surface area (Å²) in [6.45, 7) is 8.97. The highest BCUT2D eigenvalue weighted by molar-refractivity contribution is 5.89. The molecule has 1 fully saturated rings. The summed E-state index contributed by atoms with van der Waals surface area (Å²) in [4.78, 5) is 14.5. The lowest BCUT2D eigenvalue weighted by Crippen LogP contribution is -2.44. The van der Waals surface area contributed by atoms with E-state index in [0.717, 1.165) is 37.3 Å². The van der Waals surface area contributed by atoms with Crippen LogP contribution < -0.4 is 10.6 Å². The topological polar surface area (TPSA) is 44.4 Å². The maximum absolute atomic E-state index is 12.5. The zero-order chi connectivity index (χ0) is 15.2. The van der Waals surface area contributed by atoms with Crippen molar-refractivity contribution < 1.29 is 4.79 Å². The second kappa shape index (κ2) is 7.46. The molecule has 1 aliphatic heterocycles. The van der Waals surface area contributed by atoms with Crippen molar-refractivity contribution in [3.63, 3.8) is 0 Å². The highest BCUT2D eigenvalue weighted by atomic mass is 16.2. The van der Waals surface area contributed by atoms with E-state index in [1.54, 1.807) is 0 Å². The molecule has 1 aliphatic rings. The van der Waals surface area contributed by atoms with Gasteiger partial charge >= 0.3 is 6.03 Å². The number of urea groups is 1. The molecule has 1 heterocycles. The molecule has 116 valence electrons. The zero-order valence-corrected chi connectivity index (χ0v) is 13.4. The molecule has 4 nitrogen and oxygen atoms in total. The van der Waals surface area contributed by atoms with Gasteiger partial charge < -0.3 is 15.5 Å². The first-order chi connectivity index (χ1) is 10.0. The summed E-state index contributed by atoms with van der Waals surface area (Å²) in [6, 6.07) is 8.38. The van der Waals surface area contributed by atoms with Crippen LogP contribution in [0.25, 0.3) is 0 Å². The number of nitrogens with zero attached hydrogens (tertiary/aromatic N) is 1. The summed E-state index contributed by atoms with van der Waals surface area (Å²) >= 11 is 0. The van der Waals surface area contributed by atoms with E-state index < -0.39 is 0 Å². The number of benzene rings is 1. The largest absolute Gasteiger partial charge is 0.323 e. The Balaban J connectivity index is 1.98. The van der Waals surface area contributed by atoms with E-state index in [9.17, 15) is 4.79 Å². The van der Waals surface area contributed by atoms with E-state index >= 15 is 0 Å². The van der Waals surface area contributed by atoms with Gasteiger partial charge in [-0.05, 0) is 49.9 Å². The summed E-state index contributed by atoms with van der Waals surface area (Å²) < 4.78 is 0. The molecule has 1 atom stereocenters. The molecule has 2 rings (SSSR count). The first-order valence-electron chi connectivity index (χ1n) is 7.90. The van der Waals surface area contributed by atoms with Crippen LogP contribution in [0, 0.1) is 12.8 Å². The predicted molar refractivity (Wildman–Crippen MR) is 87.6 cm³/mol. The van der Waals surface area contributed by atoms with Crippen LogP contribution in [-0.2, 0) is 0 Å². The van der Waals surface area contributed by atoms with Gasteiger partial charge in [0.05, 0.1) is 0 Å². The molecule has 21 heavy (non-hydrogen) atoms. The van der Waals surface area contributed by atoms with Crippen molar-refractivity contribution in [1.29, 1.82) is 0 Å². The molecule has 0 radical (unpaired) electrons. The van der Waals surface area contributed by atoms with E-state index in [-0.39, 0.29) is 6.03 Å². The van der Waals surface area contributed by atoms with Crippen molar-refractivity contribution in [3.8, 4) is 0 Å². The maximum Gasteiger partial charge on any atom is 0.321 e. The second-order valence-corrected chi connectivity index (χ2v) is 6.39. The van der Waals surface area contributed by atoms with Gasteiger partial charge in [0.15, 0.2) is 0 Å². The average Bonchev–Trinajstić information content (AvgIpc) is 2.90. The number of hydrogen-bond donors (Lipinski definition) is 2. The number of hydrogen-bond acceptors (Lipinski definition) is 2. The third-order valence-electron chi connectivity index (χ3n) is 3.75. The highest BCUT2D eigenvalue weighted by Gasteiger charge is 2.22. The van der Waals surface area contributed by atoms with Crippen molar-refractivity contribution >= 4 is 11.7 Å². The van der Waals surface area contributed by atoms with Gasteiger partial charge in [-0.3, -0.25) is 0 Å². The number of carbonyl (C=O) groups is 1. The van der Waals surface area contributed by atoms with Gasteiger partial charge in [0, 0.05) is 24.8 Å². The van der Waals surface area contributed by atoms with Gasteiger partial charge in [0.1, 0.15) is 0 Å². The van der Waals surface area contributed by atoms with Gasteiger partial charge in [-0.25, -0.2) is 4.79 Å². The number of carbonyl (C=O) groups excluding carboxylic acids is 1. The molecule has 0 spiro atoms. The molecule has 1 unspecified atom stereocenters. The summed E-state index contributed by atoms with van der Waals surface area (Å²) in [5.41, 5.74) is 2.02. The van der Waals surface area contributed by atoms with Gasteiger partial charge in [0.2, 0.25) is 0 Å². The van der Waals surface area contributed by atoms with Crippen LogP contribution in [0.3, 0.4) is 0 Å². The van der Waals surface area contributed by atoms with Crippen molar-refractivity contribution in [2.75, 3.05) is 25.0 Å². The number of nitrogens with one attached hydrogen (secondary N) is 2. The Morgan fingerprint density at radius 3 is 2.90 bits per heavy atom. The monoisotopic (exact) mass is 289 g/mol. The highest BCUT2D eigenvalue weighted by Crippen LogP contribution is 2.13. The molecule has 1 aromatic carbocycles. The van der Waals surface area contributed by atoms with Gasteiger partial charge in [-0.2, -0.15) is 0 Å². The minimum absolute atomic E-state index is 0.00278. The lowest BCUT2D eigenvalue weighted by molar-refractivity contribution is 0.198. The van der Waals surface area contributed by atoms with E-state index in [4.69, 9.17) is 0 Å². The van der Waals surface area contributed by atoms with Crippen LogP contribution in [0.1, 0.15) is 32.3 Å². The molecule has 0 saturated carbocycles. The van der Waals surface area contributed by atoms with Gasteiger partial charge in [0.25, 0.3) is 0 Å². The minimum Gasteiger partial charge on any atom is -0.323 e. The van der Waals surface area contributed by atoms with Crippen molar-refractivity contribution in [2.24, 2.45) is 5.92 Å². The second-order valence-electron chi connectivity index (χ2n) is 6.39. The van der Waals surface area contributed by atoms with Crippen molar-refractivity contribution in [1.82, 2.24) is 10.2 Å². The molecular weight excluding hydrogens is 262 g/mol. The fourth-order valence-electron chi connectivity index (χ4n) is 2.79. The molecular formula is C17H27N3O. The minimum atomic E-state index is 0.00278. The first kappa shape index (κ1) is 15.8. The lowest BCUT2D eigenvalue weighted by Gasteiger charge is -2.27. The molecule has 0 aliphatic carbocycles. The van der Waals surface area contributed by atoms with Gasteiger partial charge in [-0.1, -0.05) is 26.0 Å². The molecule has 2 N–H and O–H groups in total. The Labute approximate surface area is 127 Å². The molecule has 1 saturated heterocycles. The van der Waals surface area contributed by atoms with Crippen LogP contribution in [0.4, 0.5) is 10.5 Å². The van der Waals surface area contributed by atoms with Crippen LogP contribution in [-0.4, -0.2) is 36.6 Å². The predicted octanol–water partition coefficient (Wildman–Crippen LogP) is 3.24. The van der Waals surface area contributed by atoms with E-state index in [1.807, 2.05) is 36.1 Å². The normalized spacial score (nSPS) is 18.0. The quantitative estimate of drug-likeness (QED) is 0.874. The van der Waals surface area contributed by atoms with E-state index in [0.29, 0.717) is 12.0 Å². The molecule has 1 aromatic rings. The number of rotatable bonds is 5. The van der Waals surface area contributed by atoms with Gasteiger partial charge in [-0.15, -0.1) is 0 Å². The van der Waals surface area contributed by atoms with Crippen LogP contribution in [0.15, 0.2) is 24.3 Å². The van der Waals surface area contributed by atoms with E-state index in [1.165, 1.54) is 6.42 Å². The fraction of sp³-hybridized carbons (Fsp3) is 0.588. The summed E-state index contributed by atoms with van der Waals surface area (Å²) in [5.74, 6) is 0.467. The first-order valence-corrected chi connectivity index (χ1v) is 7.90. The number of aryl methyl sites for hydroxylation is 1. The SMILES string of the molecule is Cc1cccc(NC(=O)N(CC(C)C)CC2CCCN2)c1. The molecule has 2 amide bonds. The Morgan fingerprint density at radius 2 is 2.29 bits per heavy atom. The molecule has 0 aromatic heterocycles. The summed E-state index contributed by atoms with van der Waals surface area (Å²) in [6.07, 6.45) is 2.37. The number of amides is 2. The Morgan fingerprint density at radius 1 is 1.48 bits per heavy atom. The summed E-state index contributed by atoms with van der Waals surface area (Å²) in [5, 5.41) is 6.49. The third kappa shape index (κ3) is 5.05. The summed E-state index contributed by atoms with van der Waals surface area (Å²) in [7, 11) is 0. The third-order valence-corrected chi connectivity index (χ3v) is 3.75. The lowest BCUT2D eigenvalue weighted by atomic mass is 10.1. The van der Waals surface area contributed by atoms with Crippen LogP contribution >= 0.6 is 0 Å². The smallest absolute Gasteiger partial charge is 0.321 e. The molecule has 0 bridgehead atoms.